The van der Waals surface area contributed by atoms with Crippen molar-refractivity contribution < 1.29 is 14.0 Å². The second kappa shape index (κ2) is 9.17. The Kier molecular flexibility index (Phi) is 6.33. The molecule has 0 unspecified atom stereocenters. The van der Waals surface area contributed by atoms with Gasteiger partial charge in [0, 0.05) is 41.6 Å². The highest BCUT2D eigenvalue weighted by Crippen LogP contribution is 2.33. The lowest BCUT2D eigenvalue weighted by Crippen LogP contribution is -2.49. The molecule has 166 valence electrons. The molecule has 0 aliphatic carbocycles. The number of fused-ring (bicyclic) bond motifs is 1. The fourth-order valence-corrected chi connectivity index (χ4v) is 4.38. The lowest BCUT2D eigenvalue weighted by Gasteiger charge is -2.39. The summed E-state index contributed by atoms with van der Waals surface area (Å²) in [5, 5.41) is 0.467. The third kappa shape index (κ3) is 4.41. The number of amides is 2. The monoisotopic (exact) mass is 453 g/mol. The maximum atomic E-state index is 14.0. The van der Waals surface area contributed by atoms with Gasteiger partial charge in [0.15, 0.2) is 0 Å². The third-order valence-electron chi connectivity index (χ3n) is 5.78. The SMILES string of the molecule is CC(C)N(CC(=O)N1CCn2cccc2[C@@H]1c1cccc(F)c1)C(=O)c1cccc(Cl)c1. The summed E-state index contributed by atoms with van der Waals surface area (Å²) >= 11 is 6.06. The van der Waals surface area contributed by atoms with Crippen LogP contribution in [0.4, 0.5) is 4.39 Å². The zero-order valence-corrected chi connectivity index (χ0v) is 18.8. The molecule has 0 bridgehead atoms. The van der Waals surface area contributed by atoms with Crippen molar-refractivity contribution >= 4 is 23.4 Å². The van der Waals surface area contributed by atoms with E-state index in [1.807, 2.05) is 38.2 Å². The first-order valence-corrected chi connectivity index (χ1v) is 11.0. The molecule has 1 aromatic heterocycles. The molecule has 5 nitrogen and oxygen atoms in total. The molecule has 3 aromatic rings. The summed E-state index contributed by atoms with van der Waals surface area (Å²) in [7, 11) is 0. The minimum Gasteiger partial charge on any atom is -0.348 e. The highest BCUT2D eigenvalue weighted by molar-refractivity contribution is 6.31. The summed E-state index contributed by atoms with van der Waals surface area (Å²) in [6, 6.07) is 16.3. The standard InChI is InChI=1S/C25H25ClFN3O2/c1-17(2)30(25(32)19-7-3-8-20(26)14-19)16-23(31)29-13-12-28-11-5-10-22(28)24(29)18-6-4-9-21(27)15-18/h3-11,14-15,17,24H,12-13,16H2,1-2H3/t24-/m0/s1. The molecule has 0 saturated heterocycles. The van der Waals surface area contributed by atoms with E-state index < -0.39 is 6.04 Å². The Labute approximate surface area is 192 Å². The third-order valence-corrected chi connectivity index (χ3v) is 6.02. The highest BCUT2D eigenvalue weighted by Gasteiger charge is 2.34. The minimum absolute atomic E-state index is 0.0739. The summed E-state index contributed by atoms with van der Waals surface area (Å²) in [4.78, 5) is 30.0. The Balaban J connectivity index is 1.63. The molecule has 1 atom stereocenters. The summed E-state index contributed by atoms with van der Waals surface area (Å²) in [5.41, 5.74) is 2.07. The van der Waals surface area contributed by atoms with Gasteiger partial charge in [-0.2, -0.15) is 0 Å². The summed E-state index contributed by atoms with van der Waals surface area (Å²) in [6.45, 7) is 4.79. The van der Waals surface area contributed by atoms with E-state index in [2.05, 4.69) is 4.57 Å². The quantitative estimate of drug-likeness (QED) is 0.559. The molecule has 0 radical (unpaired) electrons. The van der Waals surface area contributed by atoms with E-state index in [0.717, 1.165) is 5.69 Å². The molecule has 0 fully saturated rings. The molecule has 4 rings (SSSR count). The van der Waals surface area contributed by atoms with Crippen LogP contribution < -0.4 is 0 Å². The maximum absolute atomic E-state index is 14.0. The topological polar surface area (TPSA) is 45.6 Å². The fraction of sp³-hybridized carbons (Fsp3) is 0.280. The van der Waals surface area contributed by atoms with Gasteiger partial charge in [-0.1, -0.05) is 29.8 Å². The van der Waals surface area contributed by atoms with Crippen molar-refractivity contribution in [2.45, 2.75) is 32.5 Å². The van der Waals surface area contributed by atoms with Crippen molar-refractivity contribution in [3.63, 3.8) is 0 Å². The highest BCUT2D eigenvalue weighted by atomic mass is 35.5. The Morgan fingerprint density at radius 3 is 2.59 bits per heavy atom. The van der Waals surface area contributed by atoms with Crippen molar-refractivity contribution in [2.24, 2.45) is 0 Å². The number of carbonyl (C=O) groups is 2. The molecule has 7 heteroatoms. The van der Waals surface area contributed by atoms with Crippen LogP contribution in [0.15, 0.2) is 66.9 Å². The van der Waals surface area contributed by atoms with Gasteiger partial charge in [-0.25, -0.2) is 4.39 Å². The van der Waals surface area contributed by atoms with E-state index >= 15 is 0 Å². The van der Waals surface area contributed by atoms with Crippen molar-refractivity contribution in [1.82, 2.24) is 14.4 Å². The van der Waals surface area contributed by atoms with Gasteiger partial charge in [0.05, 0.1) is 6.04 Å². The lowest BCUT2D eigenvalue weighted by atomic mass is 9.99. The van der Waals surface area contributed by atoms with Gasteiger partial charge in [0.25, 0.3) is 5.91 Å². The Morgan fingerprint density at radius 1 is 1.09 bits per heavy atom. The van der Waals surface area contributed by atoms with Crippen LogP contribution in [0.5, 0.6) is 0 Å². The van der Waals surface area contributed by atoms with Crippen LogP contribution in [0.1, 0.15) is 41.5 Å². The second-order valence-electron chi connectivity index (χ2n) is 8.21. The average Bonchev–Trinajstić information content (AvgIpc) is 3.25. The van der Waals surface area contributed by atoms with E-state index in [1.165, 1.54) is 12.1 Å². The maximum Gasteiger partial charge on any atom is 0.254 e. The van der Waals surface area contributed by atoms with Gasteiger partial charge in [-0.3, -0.25) is 9.59 Å². The van der Waals surface area contributed by atoms with Crippen molar-refractivity contribution in [1.29, 1.82) is 0 Å². The number of hydrogen-bond acceptors (Lipinski definition) is 2. The summed E-state index contributed by atoms with van der Waals surface area (Å²) in [6.07, 6.45) is 1.96. The zero-order chi connectivity index (χ0) is 22.8. The van der Waals surface area contributed by atoms with Crippen LogP contribution in [0.25, 0.3) is 0 Å². The fourth-order valence-electron chi connectivity index (χ4n) is 4.19. The van der Waals surface area contributed by atoms with Crippen LogP contribution >= 0.6 is 11.6 Å². The van der Waals surface area contributed by atoms with E-state index in [9.17, 15) is 14.0 Å². The van der Waals surface area contributed by atoms with Crippen molar-refractivity contribution in [3.8, 4) is 0 Å². The number of carbonyl (C=O) groups excluding carboxylic acids is 2. The second-order valence-corrected chi connectivity index (χ2v) is 8.64. The Hall–Kier alpha value is -3.12. The van der Waals surface area contributed by atoms with Gasteiger partial charge >= 0.3 is 0 Å². The smallest absolute Gasteiger partial charge is 0.254 e. The number of halogens is 2. The van der Waals surface area contributed by atoms with Crippen molar-refractivity contribution in [2.75, 3.05) is 13.1 Å². The molecule has 0 saturated carbocycles. The number of rotatable bonds is 5. The Bertz CT molecular complexity index is 1140. The van der Waals surface area contributed by atoms with Crippen LogP contribution in [0.3, 0.4) is 0 Å². The molecule has 1 aliphatic rings. The minimum atomic E-state index is -0.419. The zero-order valence-electron chi connectivity index (χ0n) is 18.0. The van der Waals surface area contributed by atoms with E-state index in [0.29, 0.717) is 29.2 Å². The molecular weight excluding hydrogens is 429 g/mol. The first-order valence-electron chi connectivity index (χ1n) is 10.6. The van der Waals surface area contributed by atoms with E-state index in [-0.39, 0.29) is 30.2 Å². The van der Waals surface area contributed by atoms with Crippen LogP contribution in [-0.4, -0.2) is 45.3 Å². The molecular formula is C25H25ClFN3O2. The number of aromatic nitrogens is 1. The molecule has 0 N–H and O–H groups in total. The number of benzene rings is 2. The molecule has 2 aromatic carbocycles. The molecule has 32 heavy (non-hydrogen) atoms. The van der Waals surface area contributed by atoms with Crippen LogP contribution in [0, 0.1) is 5.82 Å². The van der Waals surface area contributed by atoms with Crippen molar-refractivity contribution in [3.05, 3.63) is 94.5 Å². The predicted molar refractivity (Wildman–Crippen MR) is 122 cm³/mol. The largest absolute Gasteiger partial charge is 0.348 e. The van der Waals surface area contributed by atoms with Gasteiger partial charge < -0.3 is 14.4 Å². The van der Waals surface area contributed by atoms with Gasteiger partial charge in [-0.15, -0.1) is 0 Å². The van der Waals surface area contributed by atoms with E-state index in [4.69, 9.17) is 11.6 Å². The number of hydrogen-bond donors (Lipinski definition) is 0. The van der Waals surface area contributed by atoms with Crippen LogP contribution in [-0.2, 0) is 11.3 Å². The molecule has 2 amide bonds. The molecule has 1 aliphatic heterocycles. The van der Waals surface area contributed by atoms with Gasteiger partial charge in [-0.05, 0) is 61.9 Å². The average molecular weight is 454 g/mol. The summed E-state index contributed by atoms with van der Waals surface area (Å²) < 4.78 is 16.1. The normalized spacial score (nSPS) is 15.5. The summed E-state index contributed by atoms with van der Waals surface area (Å²) in [5.74, 6) is -0.784. The molecule has 2 heterocycles. The predicted octanol–water partition coefficient (Wildman–Crippen LogP) is 4.76. The number of nitrogens with zero attached hydrogens (tertiary/aromatic N) is 3. The van der Waals surface area contributed by atoms with E-state index in [1.54, 1.807) is 40.1 Å². The first-order chi connectivity index (χ1) is 15.3. The molecule has 0 spiro atoms. The van der Waals surface area contributed by atoms with Crippen LogP contribution in [0.2, 0.25) is 5.02 Å². The lowest BCUT2D eigenvalue weighted by molar-refractivity contribution is -0.135. The van der Waals surface area contributed by atoms with Gasteiger partial charge in [0.2, 0.25) is 5.91 Å². The van der Waals surface area contributed by atoms with Gasteiger partial charge in [0.1, 0.15) is 12.4 Å². The first kappa shape index (κ1) is 22.1. The Morgan fingerprint density at radius 2 is 1.88 bits per heavy atom.